The number of aromatic nitrogens is 2. The summed E-state index contributed by atoms with van der Waals surface area (Å²) in [5, 5.41) is 0.992. The number of nitrogens with zero attached hydrogens (tertiary/aromatic N) is 3. The summed E-state index contributed by atoms with van der Waals surface area (Å²) in [4.78, 5) is 37.9. The summed E-state index contributed by atoms with van der Waals surface area (Å²) in [6.07, 6.45) is 3.81. The fourth-order valence-corrected chi connectivity index (χ4v) is 5.27. The number of nitrogens with one attached hydrogen (secondary N) is 1. The summed E-state index contributed by atoms with van der Waals surface area (Å²) in [5.41, 5.74) is 3.49. The van der Waals surface area contributed by atoms with E-state index in [1.807, 2.05) is 30.9 Å². The Kier molecular flexibility index (Phi) is 5.83. The van der Waals surface area contributed by atoms with Gasteiger partial charge >= 0.3 is 0 Å². The molecule has 5 rings (SSSR count). The summed E-state index contributed by atoms with van der Waals surface area (Å²) >= 11 is 0. The number of likely N-dealkylation sites (tertiary alicyclic amines) is 2. The highest BCUT2D eigenvalue weighted by molar-refractivity contribution is 5.99. The molecule has 0 spiro atoms. The number of rotatable bonds is 3. The van der Waals surface area contributed by atoms with Gasteiger partial charge in [0.25, 0.3) is 11.5 Å². The lowest BCUT2D eigenvalue weighted by Gasteiger charge is -2.33. The van der Waals surface area contributed by atoms with E-state index in [4.69, 9.17) is 9.40 Å². The van der Waals surface area contributed by atoms with Crippen LogP contribution in [0.4, 0.5) is 0 Å². The van der Waals surface area contributed by atoms with E-state index in [1.165, 1.54) is 0 Å². The van der Waals surface area contributed by atoms with Crippen molar-refractivity contribution < 1.29 is 9.21 Å². The van der Waals surface area contributed by atoms with Gasteiger partial charge in [-0.25, -0.2) is 4.98 Å². The largest absolute Gasteiger partial charge is 0.451 e. The van der Waals surface area contributed by atoms with Crippen LogP contribution in [-0.2, 0) is 0 Å². The molecule has 0 aliphatic carbocycles. The van der Waals surface area contributed by atoms with Crippen LogP contribution in [0.5, 0.6) is 0 Å². The minimum absolute atomic E-state index is 0.0574. The molecule has 1 atom stereocenters. The van der Waals surface area contributed by atoms with Gasteiger partial charge in [0.2, 0.25) is 0 Å². The number of carbonyl (C=O) groups excluding carboxylic acids is 1. The number of piperidine rings is 2. The van der Waals surface area contributed by atoms with Crippen molar-refractivity contribution in [2.75, 3.05) is 33.2 Å². The van der Waals surface area contributed by atoms with E-state index in [9.17, 15) is 9.59 Å². The molecule has 4 heterocycles. The molecule has 0 saturated carbocycles. The van der Waals surface area contributed by atoms with Gasteiger partial charge in [0.15, 0.2) is 5.76 Å². The van der Waals surface area contributed by atoms with E-state index in [1.54, 1.807) is 6.07 Å². The molecule has 174 valence electrons. The van der Waals surface area contributed by atoms with Gasteiger partial charge in [0, 0.05) is 41.9 Å². The molecule has 7 nitrogen and oxygen atoms in total. The van der Waals surface area contributed by atoms with Crippen molar-refractivity contribution >= 4 is 16.9 Å². The average molecular weight is 449 g/mol. The lowest BCUT2D eigenvalue weighted by atomic mass is 9.92. The fraction of sp³-hybridized carbons (Fsp3) is 0.500. The summed E-state index contributed by atoms with van der Waals surface area (Å²) < 4.78 is 5.97. The maximum atomic E-state index is 13.4. The number of amides is 1. The molecular weight excluding hydrogens is 416 g/mol. The number of aryl methyl sites for hydroxylation is 2. The third-order valence-corrected chi connectivity index (χ3v) is 7.30. The molecular formula is C26H32N4O3. The van der Waals surface area contributed by atoms with Crippen LogP contribution < -0.4 is 5.56 Å². The molecule has 2 aliphatic rings. The van der Waals surface area contributed by atoms with E-state index in [0.29, 0.717) is 18.8 Å². The molecule has 3 aromatic rings. The van der Waals surface area contributed by atoms with Gasteiger partial charge in [-0.1, -0.05) is 11.6 Å². The molecule has 1 N–H and O–H groups in total. The number of furan rings is 1. The monoisotopic (exact) mass is 448 g/mol. The van der Waals surface area contributed by atoms with E-state index >= 15 is 0 Å². The predicted molar refractivity (Wildman–Crippen MR) is 128 cm³/mol. The van der Waals surface area contributed by atoms with Crippen molar-refractivity contribution in [2.45, 2.75) is 51.4 Å². The predicted octanol–water partition coefficient (Wildman–Crippen LogP) is 3.96. The van der Waals surface area contributed by atoms with Crippen LogP contribution in [0, 0.1) is 13.8 Å². The molecule has 1 aromatic carbocycles. The minimum atomic E-state index is -0.0964. The van der Waals surface area contributed by atoms with Gasteiger partial charge in [0.1, 0.15) is 11.4 Å². The highest BCUT2D eigenvalue weighted by Crippen LogP contribution is 2.31. The van der Waals surface area contributed by atoms with Gasteiger partial charge in [-0.3, -0.25) is 9.59 Å². The average Bonchev–Trinajstić information content (AvgIpc) is 3.14. The number of hydrogen-bond acceptors (Lipinski definition) is 5. The summed E-state index contributed by atoms with van der Waals surface area (Å²) in [7, 11) is 2.13. The van der Waals surface area contributed by atoms with E-state index in [0.717, 1.165) is 72.4 Å². The van der Waals surface area contributed by atoms with Crippen LogP contribution in [0.1, 0.15) is 70.7 Å². The van der Waals surface area contributed by atoms with Crippen LogP contribution in [0.2, 0.25) is 0 Å². The molecule has 1 amide bonds. The topological polar surface area (TPSA) is 82.4 Å². The Hall–Kier alpha value is -2.93. The van der Waals surface area contributed by atoms with Crippen LogP contribution in [-0.4, -0.2) is 58.9 Å². The first-order valence-electron chi connectivity index (χ1n) is 12.0. The van der Waals surface area contributed by atoms with Gasteiger partial charge in [-0.2, -0.15) is 0 Å². The van der Waals surface area contributed by atoms with E-state index < -0.39 is 0 Å². The highest BCUT2D eigenvalue weighted by Gasteiger charge is 2.30. The second-order valence-electron chi connectivity index (χ2n) is 9.78. The molecule has 33 heavy (non-hydrogen) atoms. The zero-order valence-corrected chi connectivity index (χ0v) is 19.7. The zero-order chi connectivity index (χ0) is 23.1. The smallest absolute Gasteiger partial charge is 0.289 e. The molecule has 2 aromatic heterocycles. The highest BCUT2D eigenvalue weighted by atomic mass is 16.3. The lowest BCUT2D eigenvalue weighted by molar-refractivity contribution is 0.0675. The Labute approximate surface area is 193 Å². The Morgan fingerprint density at radius 2 is 1.88 bits per heavy atom. The summed E-state index contributed by atoms with van der Waals surface area (Å²) in [6.45, 7) is 7.26. The van der Waals surface area contributed by atoms with Crippen LogP contribution >= 0.6 is 0 Å². The Bertz CT molecular complexity index is 1240. The normalized spacial score (nSPS) is 20.5. The van der Waals surface area contributed by atoms with Crippen molar-refractivity contribution in [1.82, 2.24) is 19.8 Å². The third-order valence-electron chi connectivity index (χ3n) is 7.30. The number of H-pyrrole nitrogens is 1. The zero-order valence-electron chi connectivity index (χ0n) is 19.7. The maximum Gasteiger partial charge on any atom is 0.289 e. The third kappa shape index (κ3) is 4.34. The number of fused-ring (bicyclic) bond motifs is 1. The molecule has 0 radical (unpaired) electrons. The Morgan fingerprint density at radius 1 is 1.09 bits per heavy atom. The first-order valence-corrected chi connectivity index (χ1v) is 12.0. The molecule has 2 aliphatic heterocycles. The molecule has 2 saturated heterocycles. The number of hydrogen-bond donors (Lipinski definition) is 1. The van der Waals surface area contributed by atoms with Gasteiger partial charge in [0.05, 0.1) is 5.69 Å². The lowest BCUT2D eigenvalue weighted by Crippen LogP contribution is -2.40. The second-order valence-corrected chi connectivity index (χ2v) is 9.78. The maximum absolute atomic E-state index is 13.4. The molecule has 7 heteroatoms. The van der Waals surface area contributed by atoms with Crippen molar-refractivity contribution in [1.29, 1.82) is 0 Å². The Morgan fingerprint density at radius 3 is 2.67 bits per heavy atom. The number of carbonyl (C=O) groups is 1. The minimum Gasteiger partial charge on any atom is -0.451 e. The van der Waals surface area contributed by atoms with E-state index in [-0.39, 0.29) is 23.3 Å². The SMILES string of the molecule is Cc1ccc2oc(C(=O)N3CCCC(c4cc(=O)[nH]c(C5CCN(C)CC5)n4)C3)c(C)c2c1. The van der Waals surface area contributed by atoms with Crippen molar-refractivity contribution in [3.63, 3.8) is 0 Å². The van der Waals surface area contributed by atoms with Crippen LogP contribution in [0.25, 0.3) is 11.0 Å². The molecule has 0 bridgehead atoms. The number of benzene rings is 1. The first kappa shape index (κ1) is 21.9. The Balaban J connectivity index is 1.37. The fourth-order valence-electron chi connectivity index (χ4n) is 5.27. The van der Waals surface area contributed by atoms with Gasteiger partial charge in [-0.05, 0) is 71.8 Å². The molecule has 1 unspecified atom stereocenters. The van der Waals surface area contributed by atoms with E-state index in [2.05, 4.69) is 23.0 Å². The quantitative estimate of drug-likeness (QED) is 0.656. The van der Waals surface area contributed by atoms with Crippen molar-refractivity contribution in [3.8, 4) is 0 Å². The standard InChI is InChI=1S/C26H32N4O3/c1-16-6-7-22-20(13-16)17(2)24(33-22)26(32)30-10-4-5-19(15-30)21-14-23(31)28-25(27-21)18-8-11-29(3)12-9-18/h6-7,13-14,18-19H,4-5,8-12,15H2,1-3H3,(H,27,28,31). The van der Waals surface area contributed by atoms with Crippen molar-refractivity contribution in [2.24, 2.45) is 0 Å². The summed E-state index contributed by atoms with van der Waals surface area (Å²) in [6, 6.07) is 7.61. The summed E-state index contributed by atoms with van der Waals surface area (Å²) in [5.74, 6) is 1.49. The number of aromatic amines is 1. The van der Waals surface area contributed by atoms with Crippen LogP contribution in [0.15, 0.2) is 33.5 Å². The second kappa shape index (κ2) is 8.78. The van der Waals surface area contributed by atoms with Crippen molar-refractivity contribution in [3.05, 3.63) is 63.0 Å². The van der Waals surface area contributed by atoms with Crippen LogP contribution in [0.3, 0.4) is 0 Å². The van der Waals surface area contributed by atoms with Gasteiger partial charge < -0.3 is 19.2 Å². The molecule has 2 fully saturated rings. The van der Waals surface area contributed by atoms with Gasteiger partial charge in [-0.15, -0.1) is 0 Å². The first-order chi connectivity index (χ1) is 15.9.